The Hall–Kier alpha value is -0.860. The number of piperidine rings is 2. The van der Waals surface area contributed by atoms with Crippen molar-refractivity contribution in [3.8, 4) is 0 Å². The molecule has 0 amide bonds. The first-order valence-corrected chi connectivity index (χ1v) is 11.3. The Labute approximate surface area is 153 Å². The minimum atomic E-state index is -3.06. The number of rotatable bonds is 6. The van der Waals surface area contributed by atoms with Crippen molar-refractivity contribution in [1.82, 2.24) is 19.8 Å². The quantitative estimate of drug-likeness (QED) is 0.529. The average molecular weight is 374 g/mol. The van der Waals surface area contributed by atoms with E-state index in [0.29, 0.717) is 19.0 Å². The summed E-state index contributed by atoms with van der Waals surface area (Å²) >= 11 is 0. The summed E-state index contributed by atoms with van der Waals surface area (Å²) in [6.45, 7) is 8.97. The minimum Gasteiger partial charge on any atom is -0.357 e. The molecule has 0 aliphatic carbocycles. The number of nitrogens with one attached hydrogen (secondary N) is 2. The van der Waals surface area contributed by atoms with Crippen molar-refractivity contribution in [2.24, 2.45) is 10.9 Å². The van der Waals surface area contributed by atoms with Crippen molar-refractivity contribution in [2.75, 3.05) is 52.1 Å². The molecule has 1 atom stereocenters. The summed E-state index contributed by atoms with van der Waals surface area (Å²) < 4.78 is 25.5. The zero-order chi connectivity index (χ0) is 18.3. The molecule has 0 aromatic rings. The maximum Gasteiger partial charge on any atom is 0.213 e. The number of guanidine groups is 1. The van der Waals surface area contributed by atoms with Crippen LogP contribution in [0.25, 0.3) is 0 Å². The lowest BCUT2D eigenvalue weighted by Crippen LogP contribution is -2.50. The highest BCUT2D eigenvalue weighted by molar-refractivity contribution is 7.89. The van der Waals surface area contributed by atoms with E-state index in [1.165, 1.54) is 19.4 Å². The molecule has 0 radical (unpaired) electrons. The van der Waals surface area contributed by atoms with Crippen LogP contribution < -0.4 is 10.6 Å². The number of hydrogen-bond donors (Lipinski definition) is 2. The van der Waals surface area contributed by atoms with Crippen molar-refractivity contribution >= 4 is 16.0 Å². The smallest absolute Gasteiger partial charge is 0.213 e. The van der Waals surface area contributed by atoms with Gasteiger partial charge in [0.2, 0.25) is 10.0 Å². The highest BCUT2D eigenvalue weighted by Crippen LogP contribution is 2.16. The molecule has 2 aliphatic heterocycles. The molecule has 0 saturated carbocycles. The van der Waals surface area contributed by atoms with Gasteiger partial charge in [-0.1, -0.05) is 0 Å². The van der Waals surface area contributed by atoms with Gasteiger partial charge in [-0.15, -0.1) is 0 Å². The fourth-order valence-corrected chi connectivity index (χ4v) is 4.75. The molecule has 8 heteroatoms. The van der Waals surface area contributed by atoms with Crippen LogP contribution in [0, 0.1) is 5.92 Å². The van der Waals surface area contributed by atoms with Crippen molar-refractivity contribution in [3.63, 3.8) is 0 Å². The van der Waals surface area contributed by atoms with E-state index in [1.54, 1.807) is 11.2 Å². The molecule has 2 saturated heterocycles. The third-order valence-electron chi connectivity index (χ3n) is 5.13. The Morgan fingerprint density at radius 1 is 1.16 bits per heavy atom. The molecule has 0 bridgehead atoms. The molecule has 2 heterocycles. The summed E-state index contributed by atoms with van der Waals surface area (Å²) in [5.74, 6) is 1.68. The lowest BCUT2D eigenvalue weighted by Gasteiger charge is -2.32. The maximum atomic E-state index is 12.0. The molecule has 0 aromatic heterocycles. The maximum absolute atomic E-state index is 12.0. The monoisotopic (exact) mass is 373 g/mol. The van der Waals surface area contributed by atoms with Crippen LogP contribution in [0.2, 0.25) is 0 Å². The first kappa shape index (κ1) is 20.5. The molecule has 2 rings (SSSR count). The van der Waals surface area contributed by atoms with Gasteiger partial charge in [0, 0.05) is 38.8 Å². The lowest BCUT2D eigenvalue weighted by atomic mass is 9.99. The first-order chi connectivity index (χ1) is 11.9. The Morgan fingerprint density at radius 2 is 1.88 bits per heavy atom. The largest absolute Gasteiger partial charge is 0.357 e. The van der Waals surface area contributed by atoms with Gasteiger partial charge in [0.05, 0.1) is 5.75 Å². The fourth-order valence-electron chi connectivity index (χ4n) is 3.62. The molecular weight excluding hydrogens is 338 g/mol. The third-order valence-corrected chi connectivity index (χ3v) is 7.01. The summed E-state index contributed by atoms with van der Waals surface area (Å²) in [5, 5.41) is 6.83. The van der Waals surface area contributed by atoms with E-state index in [0.717, 1.165) is 38.4 Å². The summed E-state index contributed by atoms with van der Waals surface area (Å²) in [4.78, 5) is 7.17. The van der Waals surface area contributed by atoms with E-state index >= 15 is 0 Å². The Bertz CT molecular complexity index is 529. The van der Waals surface area contributed by atoms with Crippen LogP contribution in [-0.2, 0) is 10.0 Å². The van der Waals surface area contributed by atoms with E-state index in [2.05, 4.69) is 29.5 Å². The highest BCUT2D eigenvalue weighted by Gasteiger charge is 2.27. The number of sulfonamides is 1. The fraction of sp³-hybridized carbons (Fsp3) is 0.941. The molecule has 25 heavy (non-hydrogen) atoms. The summed E-state index contributed by atoms with van der Waals surface area (Å²) in [6.07, 6.45) is 4.16. The second kappa shape index (κ2) is 9.73. The van der Waals surface area contributed by atoms with Gasteiger partial charge in [-0.3, -0.25) is 4.99 Å². The Morgan fingerprint density at radius 3 is 2.48 bits per heavy atom. The summed E-state index contributed by atoms with van der Waals surface area (Å²) in [7, 11) is -0.880. The molecule has 2 aliphatic rings. The van der Waals surface area contributed by atoms with E-state index in [-0.39, 0.29) is 11.8 Å². The van der Waals surface area contributed by atoms with Gasteiger partial charge in [-0.05, 0) is 59.0 Å². The molecule has 2 N–H and O–H groups in total. The van der Waals surface area contributed by atoms with Crippen LogP contribution in [0.5, 0.6) is 0 Å². The van der Waals surface area contributed by atoms with Crippen molar-refractivity contribution in [2.45, 2.75) is 45.6 Å². The number of hydrogen-bond acceptors (Lipinski definition) is 4. The second-order valence-corrected chi connectivity index (χ2v) is 9.47. The standard InChI is InChI=1S/C17H35N5O2S/c1-4-18-17(19-13-15-7-6-10-21(3)14-15)20-16-8-11-22(12-9-16)25(23,24)5-2/h15-16H,4-14H2,1-3H3,(H2,18,19,20). The van der Waals surface area contributed by atoms with Gasteiger partial charge in [-0.2, -0.15) is 0 Å². The van der Waals surface area contributed by atoms with Gasteiger partial charge in [0.15, 0.2) is 5.96 Å². The molecule has 1 unspecified atom stereocenters. The Kier molecular flexibility index (Phi) is 7.96. The van der Waals surface area contributed by atoms with Crippen LogP contribution >= 0.6 is 0 Å². The first-order valence-electron chi connectivity index (χ1n) is 9.65. The topological polar surface area (TPSA) is 77.0 Å². The molecule has 0 spiro atoms. The van der Waals surface area contributed by atoms with Crippen LogP contribution in [0.1, 0.15) is 39.5 Å². The third kappa shape index (κ3) is 6.42. The molecular formula is C17H35N5O2S. The van der Waals surface area contributed by atoms with Gasteiger partial charge in [0.1, 0.15) is 0 Å². The van der Waals surface area contributed by atoms with Crippen LogP contribution in [-0.4, -0.2) is 81.7 Å². The Balaban J connectivity index is 1.84. The number of likely N-dealkylation sites (tertiary alicyclic amines) is 1. The molecule has 146 valence electrons. The van der Waals surface area contributed by atoms with E-state index in [9.17, 15) is 8.42 Å². The second-order valence-electron chi connectivity index (χ2n) is 7.21. The zero-order valence-electron chi connectivity index (χ0n) is 16.0. The van der Waals surface area contributed by atoms with Gasteiger partial charge >= 0.3 is 0 Å². The lowest BCUT2D eigenvalue weighted by molar-refractivity contribution is 0.214. The SMILES string of the molecule is CCNC(=NCC1CCCN(C)C1)NC1CCN(S(=O)(=O)CC)CC1. The van der Waals surface area contributed by atoms with Gasteiger partial charge < -0.3 is 15.5 Å². The summed E-state index contributed by atoms with van der Waals surface area (Å²) in [6, 6.07) is 0.287. The number of aliphatic imine (C=N–C) groups is 1. The normalized spacial score (nSPS) is 25.1. The summed E-state index contributed by atoms with van der Waals surface area (Å²) in [5.41, 5.74) is 0. The van der Waals surface area contributed by atoms with Crippen LogP contribution in [0.4, 0.5) is 0 Å². The predicted octanol–water partition coefficient (Wildman–Crippen LogP) is 0.697. The minimum absolute atomic E-state index is 0.186. The molecule has 7 nitrogen and oxygen atoms in total. The number of nitrogens with zero attached hydrogens (tertiary/aromatic N) is 3. The molecule has 0 aromatic carbocycles. The van der Waals surface area contributed by atoms with Crippen LogP contribution in [0.3, 0.4) is 0 Å². The highest BCUT2D eigenvalue weighted by atomic mass is 32.2. The predicted molar refractivity (Wildman–Crippen MR) is 103 cm³/mol. The van der Waals surface area contributed by atoms with Crippen molar-refractivity contribution in [1.29, 1.82) is 0 Å². The van der Waals surface area contributed by atoms with E-state index in [4.69, 9.17) is 4.99 Å². The molecule has 2 fully saturated rings. The van der Waals surface area contributed by atoms with Gasteiger partial charge in [0.25, 0.3) is 0 Å². The van der Waals surface area contributed by atoms with Crippen LogP contribution in [0.15, 0.2) is 4.99 Å². The van der Waals surface area contributed by atoms with E-state index < -0.39 is 10.0 Å². The van der Waals surface area contributed by atoms with Crippen molar-refractivity contribution in [3.05, 3.63) is 0 Å². The van der Waals surface area contributed by atoms with E-state index in [1.807, 2.05) is 0 Å². The van der Waals surface area contributed by atoms with Crippen molar-refractivity contribution < 1.29 is 8.42 Å². The average Bonchev–Trinajstić information content (AvgIpc) is 2.60. The zero-order valence-corrected chi connectivity index (χ0v) is 16.8. The van der Waals surface area contributed by atoms with Gasteiger partial charge in [-0.25, -0.2) is 12.7 Å².